The predicted molar refractivity (Wildman–Crippen MR) is 273 cm³/mol. The van der Waals surface area contributed by atoms with Gasteiger partial charge in [0.2, 0.25) is 6.04 Å². The Morgan fingerprint density at radius 3 is 1.64 bits per heavy atom. The summed E-state index contributed by atoms with van der Waals surface area (Å²) in [5, 5.41) is 59.2. The molecule has 11 N–H and O–H groups in total. The number of anilines is 1. The quantitative estimate of drug-likeness (QED) is 0.0168. The second-order valence-corrected chi connectivity index (χ2v) is 27.1. The number of phenolic OH excluding ortho intramolecular Hbond substituents is 2. The first-order chi connectivity index (χ1) is 37.0. The second kappa shape index (κ2) is 20.9. The van der Waals surface area contributed by atoms with Gasteiger partial charge in [-0.3, -0.25) is 42.0 Å². The van der Waals surface area contributed by atoms with E-state index < -0.39 is 195 Å². The monoisotopic (exact) mass is 1260 g/mol. The minimum Gasteiger partial charge on any atom is -0.505 e. The Morgan fingerprint density at radius 2 is 1.11 bits per heavy atom. The van der Waals surface area contributed by atoms with E-state index in [1.54, 1.807) is 0 Å². The first kappa shape index (κ1) is 60.8. The molecule has 5 aromatic carbocycles. The van der Waals surface area contributed by atoms with Gasteiger partial charge in [-0.15, -0.1) is 30.7 Å². The highest BCUT2D eigenvalue weighted by Gasteiger charge is 2.37. The summed E-state index contributed by atoms with van der Waals surface area (Å²) in [5.41, 5.74) is -1.41. The number of allylic oxidation sites excluding steroid dienone is 3. The van der Waals surface area contributed by atoms with Crippen LogP contribution in [0.2, 0.25) is 0 Å². The zero-order valence-electron chi connectivity index (χ0n) is 39.5. The van der Waals surface area contributed by atoms with E-state index >= 15 is 0 Å². The Bertz CT molecular complexity index is 4750. The number of hydrogen-bond acceptors (Lipinski definition) is 27. The minimum absolute atomic E-state index is 0.0452. The number of nitrogens with two attached hydrogens (primary N) is 1. The van der Waals surface area contributed by atoms with Crippen LogP contribution in [0.3, 0.4) is 0 Å². The van der Waals surface area contributed by atoms with Crippen LogP contribution in [0.4, 0.5) is 39.8 Å². The number of aromatic hydroxyl groups is 2. The van der Waals surface area contributed by atoms with Crippen LogP contribution in [0, 0.1) is 10.1 Å². The van der Waals surface area contributed by atoms with Crippen LogP contribution in [0.1, 0.15) is 19.8 Å². The lowest BCUT2D eigenvalue weighted by atomic mass is 10.0. The molecule has 81 heavy (non-hydrogen) atoms. The molecule has 35 nitrogen and oxygen atoms in total. The van der Waals surface area contributed by atoms with Crippen molar-refractivity contribution in [3.63, 3.8) is 0 Å². The van der Waals surface area contributed by atoms with E-state index in [4.69, 9.17) is 5.73 Å². The Hall–Kier alpha value is -7.85. The van der Waals surface area contributed by atoms with Crippen LogP contribution >= 0.6 is 0 Å². The highest BCUT2D eigenvalue weighted by Crippen LogP contribution is 2.50. The van der Waals surface area contributed by atoms with Crippen LogP contribution in [-0.2, 0) is 70.8 Å². The molecule has 0 amide bonds. The molecule has 0 aromatic heterocycles. The molecule has 430 valence electrons. The fourth-order valence-electron chi connectivity index (χ4n) is 7.51. The third kappa shape index (κ3) is 12.6. The zero-order chi connectivity index (χ0) is 60.5. The maximum absolute atomic E-state index is 13.1. The number of nitrogen functional groups attached to an aromatic ring is 1. The Labute approximate surface area is 454 Å². The van der Waals surface area contributed by atoms with Crippen molar-refractivity contribution in [3.8, 4) is 11.5 Å². The van der Waals surface area contributed by atoms with Gasteiger partial charge in [0, 0.05) is 21.1 Å². The minimum atomic E-state index is -5.76. The van der Waals surface area contributed by atoms with Crippen molar-refractivity contribution in [3.05, 3.63) is 105 Å². The van der Waals surface area contributed by atoms with E-state index in [1.165, 1.54) is 19.1 Å². The molecule has 7 rings (SSSR count). The summed E-state index contributed by atoms with van der Waals surface area (Å²) in [4.78, 5) is 2.27. The summed E-state index contributed by atoms with van der Waals surface area (Å²) < 4.78 is 244. The molecule has 2 aliphatic carbocycles. The van der Waals surface area contributed by atoms with Gasteiger partial charge in [0.25, 0.3) is 70.8 Å². The number of azo groups is 4. The summed E-state index contributed by atoms with van der Waals surface area (Å²) in [6, 6.07) is 3.07. The van der Waals surface area contributed by atoms with Crippen molar-refractivity contribution >= 4 is 132 Å². The highest BCUT2D eigenvalue weighted by molar-refractivity contribution is 7.90. The lowest BCUT2D eigenvalue weighted by Gasteiger charge is -2.23. The number of hydrogen-bond donors (Lipinski definition) is 10. The molecule has 0 saturated carbocycles. The molecule has 0 bridgehead atoms. The number of fused-ring (bicyclic) bond motifs is 2. The van der Waals surface area contributed by atoms with Crippen molar-refractivity contribution in [1.82, 2.24) is 0 Å². The zero-order valence-corrected chi connectivity index (χ0v) is 45.2. The molecule has 0 fully saturated rings. The lowest BCUT2D eigenvalue weighted by molar-refractivity contribution is -0.508. The molecular weight excluding hydrogens is 1230 g/mol. The predicted octanol–water partition coefficient (Wildman–Crippen LogP) is 6.41. The fourth-order valence-corrected chi connectivity index (χ4v) is 12.3. The first-order valence-corrected chi connectivity index (χ1v) is 31.1. The average molecular weight is 1270 g/mol. The number of rotatable bonds is 16. The molecule has 0 saturated heterocycles. The van der Waals surface area contributed by atoms with E-state index in [0.29, 0.717) is 24.3 Å². The summed E-state index contributed by atoms with van der Waals surface area (Å²) >= 11 is 0. The normalized spacial score (nSPS) is 18.1. The Balaban J connectivity index is 1.36. The van der Waals surface area contributed by atoms with Crippen LogP contribution in [-0.4, -0.2) is 117 Å². The van der Waals surface area contributed by atoms with Crippen LogP contribution in [0.15, 0.2) is 161 Å². The Kier molecular flexibility index (Phi) is 15.7. The summed E-state index contributed by atoms with van der Waals surface area (Å²) in [5.74, 6) is -2.92. The molecule has 2 aliphatic rings. The summed E-state index contributed by atoms with van der Waals surface area (Å²) in [7, 11) is -37.9. The number of nitrogens with zero attached hydrogens (tertiary/aromatic N) is 9. The van der Waals surface area contributed by atoms with Crippen molar-refractivity contribution in [1.29, 1.82) is 0 Å². The maximum atomic E-state index is 13.1. The highest BCUT2D eigenvalue weighted by atomic mass is 32.2. The van der Waals surface area contributed by atoms with Crippen LogP contribution < -0.4 is 5.73 Å². The van der Waals surface area contributed by atoms with Crippen LogP contribution in [0.25, 0.3) is 21.5 Å². The van der Waals surface area contributed by atoms with E-state index in [1.807, 2.05) is 0 Å². The largest absolute Gasteiger partial charge is 0.505 e. The number of phenols is 2. The van der Waals surface area contributed by atoms with Gasteiger partial charge in [0.05, 0.1) is 28.9 Å². The standard InChI is InChI=1S/C39H32N10O25S7/c1-39(81(72,73)74)10-8-17(9-11-39)41-42-18-2-5-23(28(12-18)76(57,58)59)43-47-34-30(78(63,64)65)14-21-20(36(34)50)4-7-25(38(21)80(69,70)71)45-46-26-16-27(75(54,55)56)22-15-31(79(66,67)68)35(37(51)32(22)33(26)40)48-44-24-6-3-19(49(52)53)13-29(24)77(60,61)62/h2-10,12,14-16,19,50-51H,11,13,40H2,1H3,(H,54,55,56)(H,57,58,59)(H,60,61,62)(H,63,64,65)(H,66,67,68)(H,69,70,71)(H,72,73,74). The molecular formula is C39H32N10O25S7. The number of benzene rings is 5. The second-order valence-electron chi connectivity index (χ2n) is 16.9. The van der Waals surface area contributed by atoms with E-state index in [2.05, 4.69) is 40.9 Å². The average Bonchev–Trinajstić information content (AvgIpc) is 3.32. The van der Waals surface area contributed by atoms with Gasteiger partial charge in [-0.2, -0.15) is 69.2 Å². The van der Waals surface area contributed by atoms with Gasteiger partial charge in [-0.05, 0) is 80.1 Å². The third-order valence-corrected chi connectivity index (χ3v) is 18.4. The van der Waals surface area contributed by atoms with Crippen LogP contribution in [0.5, 0.6) is 11.5 Å². The topological polar surface area (TPSA) is 589 Å². The molecule has 0 aliphatic heterocycles. The fraction of sp³-hybridized carbons (Fsp3) is 0.128. The smallest absolute Gasteiger partial charge is 0.297 e. The van der Waals surface area contributed by atoms with E-state index in [0.717, 1.165) is 30.4 Å². The lowest BCUT2D eigenvalue weighted by Crippen LogP contribution is -2.33. The van der Waals surface area contributed by atoms with Gasteiger partial charge < -0.3 is 15.9 Å². The maximum Gasteiger partial charge on any atom is 0.297 e. The van der Waals surface area contributed by atoms with Gasteiger partial charge in [-0.25, -0.2) is 0 Å². The van der Waals surface area contributed by atoms with Crippen molar-refractivity contribution in [2.75, 3.05) is 5.73 Å². The van der Waals surface area contributed by atoms with Gasteiger partial charge in [0.15, 0.2) is 11.5 Å². The molecule has 0 heterocycles. The van der Waals surface area contributed by atoms with Crippen molar-refractivity contribution in [2.45, 2.75) is 55.0 Å². The Morgan fingerprint density at radius 1 is 0.568 bits per heavy atom. The first-order valence-electron chi connectivity index (χ1n) is 21.0. The van der Waals surface area contributed by atoms with Gasteiger partial charge in [-0.1, -0.05) is 12.2 Å². The van der Waals surface area contributed by atoms with Crippen molar-refractivity contribution < 1.29 is 106 Å². The molecule has 0 radical (unpaired) electrons. The van der Waals surface area contributed by atoms with Gasteiger partial charge >= 0.3 is 0 Å². The molecule has 2 unspecified atom stereocenters. The molecule has 5 aromatic rings. The van der Waals surface area contributed by atoms with E-state index in [9.17, 15) is 111 Å². The SMILES string of the molecule is CC1(S(=O)(=O)O)C=CC(N=Nc2ccc(N=Nc3c(S(=O)(=O)O)cc4c(S(=O)(=O)O)c(N=Nc5cc(S(=O)(=O)O)c6cc(S(=O)(=O)O)c(N=NC7=C(S(=O)(=O)O)CC([N+](=O)[O-])C=C7)c(O)c6c5N)ccc4c3O)c(S(=O)(=O)O)c2)=CC1. The molecule has 42 heteroatoms. The van der Waals surface area contributed by atoms with Crippen molar-refractivity contribution in [2.24, 2.45) is 40.9 Å². The summed E-state index contributed by atoms with van der Waals surface area (Å²) in [6.07, 6.45) is 3.72. The number of nitro groups is 1. The van der Waals surface area contributed by atoms with Gasteiger partial charge in [0.1, 0.15) is 68.3 Å². The van der Waals surface area contributed by atoms with E-state index in [-0.39, 0.29) is 29.9 Å². The molecule has 0 spiro atoms. The third-order valence-electron chi connectivity index (χ3n) is 11.5. The molecule has 2 atom stereocenters. The summed E-state index contributed by atoms with van der Waals surface area (Å²) in [6.45, 7) is 1.22.